The van der Waals surface area contributed by atoms with Crippen molar-refractivity contribution in [1.29, 1.82) is 0 Å². The Morgan fingerprint density at radius 3 is 2.48 bits per heavy atom. The standard InChI is InChI=1S/C25H20ClNO4S2/c1-29-19-8-5-9-20(16-19)30-12-13-31-22-11-10-17(14-21(22)26)15-23-24(28)27(25(32)33-23)18-6-3-2-4-7-18/h2-11,14-16H,12-13H2,1H3. The molecule has 1 saturated heterocycles. The van der Waals surface area contributed by atoms with Crippen molar-refractivity contribution in [3.63, 3.8) is 0 Å². The first-order valence-electron chi connectivity index (χ1n) is 10.1. The molecule has 3 aromatic carbocycles. The smallest absolute Gasteiger partial charge is 0.270 e. The van der Waals surface area contributed by atoms with Crippen LogP contribution in [-0.2, 0) is 4.79 Å². The van der Waals surface area contributed by atoms with Gasteiger partial charge in [-0.1, -0.05) is 65.9 Å². The first-order valence-corrected chi connectivity index (χ1v) is 11.7. The molecule has 0 radical (unpaired) electrons. The lowest BCUT2D eigenvalue weighted by molar-refractivity contribution is -0.113. The fraction of sp³-hybridized carbons (Fsp3) is 0.120. The molecule has 1 amide bonds. The van der Waals surface area contributed by atoms with Crippen LogP contribution < -0.4 is 19.1 Å². The molecular weight excluding hydrogens is 478 g/mol. The average Bonchev–Trinajstić information content (AvgIpc) is 3.11. The summed E-state index contributed by atoms with van der Waals surface area (Å²) in [5.41, 5.74) is 1.54. The van der Waals surface area contributed by atoms with Crippen LogP contribution >= 0.6 is 35.6 Å². The number of benzene rings is 3. The van der Waals surface area contributed by atoms with E-state index in [9.17, 15) is 4.79 Å². The summed E-state index contributed by atoms with van der Waals surface area (Å²) in [6, 6.07) is 22.1. The Balaban J connectivity index is 1.37. The van der Waals surface area contributed by atoms with Crippen LogP contribution in [0.2, 0.25) is 5.02 Å². The fourth-order valence-corrected chi connectivity index (χ4v) is 4.69. The molecule has 0 bridgehead atoms. The van der Waals surface area contributed by atoms with Gasteiger partial charge in [-0.3, -0.25) is 9.69 Å². The van der Waals surface area contributed by atoms with E-state index in [1.54, 1.807) is 25.3 Å². The first-order chi connectivity index (χ1) is 16.0. The monoisotopic (exact) mass is 497 g/mol. The second-order valence-corrected chi connectivity index (χ2v) is 9.00. The van der Waals surface area contributed by atoms with Gasteiger partial charge in [-0.05, 0) is 48.0 Å². The van der Waals surface area contributed by atoms with E-state index in [-0.39, 0.29) is 5.91 Å². The van der Waals surface area contributed by atoms with Gasteiger partial charge in [-0.25, -0.2) is 0 Å². The molecule has 5 nitrogen and oxygen atoms in total. The van der Waals surface area contributed by atoms with Crippen molar-refractivity contribution >= 4 is 57.6 Å². The van der Waals surface area contributed by atoms with Gasteiger partial charge in [0.15, 0.2) is 4.32 Å². The molecule has 0 N–H and O–H groups in total. The van der Waals surface area contributed by atoms with Crippen LogP contribution in [0.3, 0.4) is 0 Å². The van der Waals surface area contributed by atoms with E-state index in [1.165, 1.54) is 16.7 Å². The summed E-state index contributed by atoms with van der Waals surface area (Å²) in [6.07, 6.45) is 1.78. The van der Waals surface area contributed by atoms with E-state index in [1.807, 2.05) is 60.7 Å². The molecule has 1 aliphatic rings. The number of nitrogens with zero attached hydrogens (tertiary/aromatic N) is 1. The minimum absolute atomic E-state index is 0.151. The SMILES string of the molecule is COc1cccc(OCCOc2ccc(C=C3SC(=S)N(c4ccccc4)C3=O)cc2Cl)c1. The van der Waals surface area contributed by atoms with E-state index in [2.05, 4.69) is 0 Å². The lowest BCUT2D eigenvalue weighted by atomic mass is 10.2. The van der Waals surface area contributed by atoms with Crippen LogP contribution in [0.5, 0.6) is 17.2 Å². The second-order valence-electron chi connectivity index (χ2n) is 6.92. The molecule has 0 aliphatic carbocycles. The van der Waals surface area contributed by atoms with Crippen LogP contribution in [0.15, 0.2) is 77.7 Å². The highest BCUT2D eigenvalue weighted by Gasteiger charge is 2.33. The lowest BCUT2D eigenvalue weighted by Gasteiger charge is -2.13. The van der Waals surface area contributed by atoms with E-state index >= 15 is 0 Å². The predicted octanol–water partition coefficient (Wildman–Crippen LogP) is 6.21. The Hall–Kier alpha value is -3.00. The van der Waals surface area contributed by atoms with E-state index in [4.69, 9.17) is 38.0 Å². The maximum atomic E-state index is 12.9. The molecule has 4 rings (SSSR count). The summed E-state index contributed by atoms with van der Waals surface area (Å²) in [5.74, 6) is 1.82. The zero-order valence-electron chi connectivity index (χ0n) is 17.7. The Labute approximate surface area is 206 Å². The summed E-state index contributed by atoms with van der Waals surface area (Å²) in [5, 5.41) is 0.448. The molecule has 0 spiro atoms. The van der Waals surface area contributed by atoms with Gasteiger partial charge in [-0.15, -0.1) is 0 Å². The second kappa shape index (κ2) is 10.7. The van der Waals surface area contributed by atoms with Crippen molar-refractivity contribution < 1.29 is 19.0 Å². The number of anilines is 1. The van der Waals surface area contributed by atoms with Crippen LogP contribution in [0.25, 0.3) is 6.08 Å². The maximum Gasteiger partial charge on any atom is 0.270 e. The number of carbonyl (C=O) groups excluding carboxylic acids is 1. The van der Waals surface area contributed by atoms with Gasteiger partial charge in [-0.2, -0.15) is 0 Å². The van der Waals surface area contributed by atoms with Crippen molar-refractivity contribution in [3.05, 3.63) is 88.3 Å². The number of rotatable bonds is 8. The zero-order chi connectivity index (χ0) is 23.2. The number of halogens is 1. The highest BCUT2D eigenvalue weighted by molar-refractivity contribution is 8.27. The molecular formula is C25H20ClNO4S2. The van der Waals surface area contributed by atoms with Crippen molar-refractivity contribution in [2.45, 2.75) is 0 Å². The summed E-state index contributed by atoms with van der Waals surface area (Å²) in [6.45, 7) is 0.680. The molecule has 0 saturated carbocycles. The quantitative estimate of drug-likeness (QED) is 0.209. The number of thioether (sulfide) groups is 1. The van der Waals surface area contributed by atoms with Crippen LogP contribution in [-0.4, -0.2) is 30.6 Å². The summed E-state index contributed by atoms with van der Waals surface area (Å²) in [4.78, 5) is 15.0. The molecule has 1 heterocycles. The summed E-state index contributed by atoms with van der Waals surface area (Å²) >= 11 is 13.1. The van der Waals surface area contributed by atoms with Crippen molar-refractivity contribution in [2.24, 2.45) is 0 Å². The van der Waals surface area contributed by atoms with Crippen molar-refractivity contribution in [1.82, 2.24) is 0 Å². The number of methoxy groups -OCH3 is 1. The third kappa shape index (κ3) is 5.68. The van der Waals surface area contributed by atoms with Gasteiger partial charge in [0.05, 0.1) is 22.7 Å². The molecule has 1 aliphatic heterocycles. The number of para-hydroxylation sites is 1. The Kier molecular flexibility index (Phi) is 7.54. The van der Waals surface area contributed by atoms with Gasteiger partial charge in [0.2, 0.25) is 0 Å². The molecule has 0 atom stereocenters. The Bertz CT molecular complexity index is 1200. The molecule has 3 aromatic rings. The van der Waals surface area contributed by atoms with Gasteiger partial charge in [0.25, 0.3) is 5.91 Å². The highest BCUT2D eigenvalue weighted by atomic mass is 35.5. The Morgan fingerprint density at radius 1 is 0.970 bits per heavy atom. The number of hydrogen-bond donors (Lipinski definition) is 0. The molecule has 0 unspecified atom stereocenters. The van der Waals surface area contributed by atoms with E-state index in [0.717, 1.165) is 17.0 Å². The number of amides is 1. The van der Waals surface area contributed by atoms with Crippen LogP contribution in [0.1, 0.15) is 5.56 Å². The van der Waals surface area contributed by atoms with Crippen molar-refractivity contribution in [2.75, 3.05) is 25.2 Å². The third-order valence-electron chi connectivity index (χ3n) is 4.71. The fourth-order valence-electron chi connectivity index (χ4n) is 3.14. The topological polar surface area (TPSA) is 48.0 Å². The normalized spacial score (nSPS) is 14.6. The predicted molar refractivity (Wildman–Crippen MR) is 138 cm³/mol. The third-order valence-corrected chi connectivity index (χ3v) is 6.31. The lowest BCUT2D eigenvalue weighted by Crippen LogP contribution is -2.27. The molecule has 8 heteroatoms. The maximum absolute atomic E-state index is 12.9. The van der Waals surface area contributed by atoms with Crippen LogP contribution in [0, 0.1) is 0 Å². The number of thiocarbonyl (C=S) groups is 1. The summed E-state index contributed by atoms with van der Waals surface area (Å²) in [7, 11) is 1.61. The minimum Gasteiger partial charge on any atom is -0.497 e. The largest absolute Gasteiger partial charge is 0.497 e. The van der Waals surface area contributed by atoms with Gasteiger partial charge >= 0.3 is 0 Å². The van der Waals surface area contributed by atoms with Gasteiger partial charge < -0.3 is 14.2 Å². The number of hydrogen-bond acceptors (Lipinski definition) is 6. The minimum atomic E-state index is -0.151. The zero-order valence-corrected chi connectivity index (χ0v) is 20.1. The molecule has 0 aromatic heterocycles. The van der Waals surface area contributed by atoms with Crippen molar-refractivity contribution in [3.8, 4) is 17.2 Å². The molecule has 168 valence electrons. The van der Waals surface area contributed by atoms with E-state index in [0.29, 0.717) is 39.0 Å². The molecule has 1 fully saturated rings. The highest BCUT2D eigenvalue weighted by Crippen LogP contribution is 2.36. The molecule has 33 heavy (non-hydrogen) atoms. The number of ether oxygens (including phenoxy) is 3. The number of carbonyl (C=O) groups is 1. The van der Waals surface area contributed by atoms with E-state index < -0.39 is 0 Å². The summed E-state index contributed by atoms with van der Waals surface area (Å²) < 4.78 is 17.1. The van der Waals surface area contributed by atoms with Gasteiger partial charge in [0, 0.05) is 6.07 Å². The first kappa shape index (κ1) is 23.2. The average molecular weight is 498 g/mol. The van der Waals surface area contributed by atoms with Crippen LogP contribution in [0.4, 0.5) is 5.69 Å². The Morgan fingerprint density at radius 2 is 1.73 bits per heavy atom. The van der Waals surface area contributed by atoms with Gasteiger partial charge in [0.1, 0.15) is 30.5 Å².